The van der Waals surface area contributed by atoms with E-state index in [0.717, 1.165) is 0 Å². The van der Waals surface area contributed by atoms with Gasteiger partial charge in [0.05, 0.1) is 12.8 Å². The van der Waals surface area contributed by atoms with Crippen LogP contribution in [0.4, 0.5) is 4.39 Å². The fraction of sp³-hybridized carbons (Fsp3) is 0.333. The van der Waals surface area contributed by atoms with E-state index in [1.165, 1.54) is 25.3 Å². The van der Waals surface area contributed by atoms with Gasteiger partial charge in [-0.3, -0.25) is 4.79 Å². The summed E-state index contributed by atoms with van der Waals surface area (Å²) < 4.78 is 18.7. The van der Waals surface area contributed by atoms with Crippen LogP contribution in [0.5, 0.6) is 5.75 Å². The maximum absolute atomic E-state index is 13.5. The Kier molecular flexibility index (Phi) is 3.88. The summed E-state index contributed by atoms with van der Waals surface area (Å²) in [5.74, 6) is 0.735. The Morgan fingerprint density at radius 2 is 2.05 bits per heavy atom. The standard InChI is InChI=1S/C15H17FN2O2/c1-8(2)14-17-13(9(3)15(19)18-14)11-7-10(16)5-6-12(11)20-4/h5-8H,1-4H3,(H,17,18,19). The molecule has 106 valence electrons. The largest absolute Gasteiger partial charge is 0.496 e. The lowest BCUT2D eigenvalue weighted by Crippen LogP contribution is -2.17. The number of halogens is 1. The summed E-state index contributed by atoms with van der Waals surface area (Å²) in [5, 5.41) is 0. The Hall–Kier alpha value is -2.17. The van der Waals surface area contributed by atoms with Gasteiger partial charge in [-0.15, -0.1) is 0 Å². The molecule has 1 aromatic heterocycles. The van der Waals surface area contributed by atoms with E-state index < -0.39 is 5.82 Å². The summed E-state index contributed by atoms with van der Waals surface area (Å²) in [5.41, 5.74) is 1.16. The van der Waals surface area contributed by atoms with E-state index in [-0.39, 0.29) is 11.5 Å². The molecule has 0 spiro atoms. The van der Waals surface area contributed by atoms with E-state index in [4.69, 9.17) is 4.74 Å². The van der Waals surface area contributed by atoms with E-state index in [1.807, 2.05) is 13.8 Å². The Balaban J connectivity index is 2.75. The minimum atomic E-state index is -0.395. The van der Waals surface area contributed by atoms with Gasteiger partial charge in [0.1, 0.15) is 17.4 Å². The normalized spacial score (nSPS) is 10.9. The number of ether oxygens (including phenoxy) is 1. The van der Waals surface area contributed by atoms with E-state index >= 15 is 0 Å². The monoisotopic (exact) mass is 276 g/mol. The summed E-state index contributed by atoms with van der Waals surface area (Å²) in [6.07, 6.45) is 0. The molecule has 4 nitrogen and oxygen atoms in total. The van der Waals surface area contributed by atoms with E-state index in [2.05, 4.69) is 9.97 Å². The number of rotatable bonds is 3. The van der Waals surface area contributed by atoms with Crippen LogP contribution in [0.25, 0.3) is 11.3 Å². The zero-order valence-electron chi connectivity index (χ0n) is 12.0. The lowest BCUT2D eigenvalue weighted by molar-refractivity contribution is 0.415. The second-order valence-electron chi connectivity index (χ2n) is 4.92. The molecule has 0 bridgehead atoms. The van der Waals surface area contributed by atoms with Gasteiger partial charge in [0.25, 0.3) is 5.56 Å². The number of H-pyrrole nitrogens is 1. The van der Waals surface area contributed by atoms with Crippen LogP contribution < -0.4 is 10.3 Å². The summed E-state index contributed by atoms with van der Waals surface area (Å²) >= 11 is 0. The Morgan fingerprint density at radius 3 is 2.65 bits per heavy atom. The van der Waals surface area contributed by atoms with Crippen LogP contribution in [0, 0.1) is 12.7 Å². The van der Waals surface area contributed by atoms with Crippen molar-refractivity contribution in [3.05, 3.63) is 45.8 Å². The van der Waals surface area contributed by atoms with Gasteiger partial charge in [0, 0.05) is 17.0 Å². The molecule has 0 saturated carbocycles. The number of benzene rings is 1. The van der Waals surface area contributed by atoms with E-state index in [1.54, 1.807) is 6.92 Å². The zero-order chi connectivity index (χ0) is 14.9. The molecule has 0 unspecified atom stereocenters. The Morgan fingerprint density at radius 1 is 1.35 bits per heavy atom. The predicted octanol–water partition coefficient (Wildman–Crippen LogP) is 3.02. The molecule has 20 heavy (non-hydrogen) atoms. The molecule has 1 aromatic carbocycles. The van der Waals surface area contributed by atoms with Gasteiger partial charge in [-0.1, -0.05) is 13.8 Å². The second kappa shape index (κ2) is 5.45. The van der Waals surface area contributed by atoms with Gasteiger partial charge in [-0.05, 0) is 25.1 Å². The number of aromatic nitrogens is 2. The van der Waals surface area contributed by atoms with Gasteiger partial charge < -0.3 is 9.72 Å². The fourth-order valence-corrected chi connectivity index (χ4v) is 1.95. The molecule has 0 aliphatic carbocycles. The first-order valence-corrected chi connectivity index (χ1v) is 6.38. The lowest BCUT2D eigenvalue weighted by Gasteiger charge is -2.12. The molecule has 2 rings (SSSR count). The number of hydrogen-bond donors (Lipinski definition) is 1. The van der Waals surface area contributed by atoms with Crippen molar-refractivity contribution in [2.45, 2.75) is 26.7 Å². The van der Waals surface area contributed by atoms with Gasteiger partial charge in [0.15, 0.2) is 0 Å². The summed E-state index contributed by atoms with van der Waals surface area (Å²) in [6, 6.07) is 4.17. The third-order valence-corrected chi connectivity index (χ3v) is 3.13. The molecule has 1 heterocycles. The highest BCUT2D eigenvalue weighted by molar-refractivity contribution is 5.69. The molecule has 0 aliphatic heterocycles. The highest BCUT2D eigenvalue weighted by Crippen LogP contribution is 2.30. The third kappa shape index (κ3) is 2.57. The SMILES string of the molecule is COc1ccc(F)cc1-c1nc(C(C)C)[nH]c(=O)c1C. The molecule has 0 radical (unpaired) electrons. The minimum absolute atomic E-state index is 0.0709. The topological polar surface area (TPSA) is 55.0 Å². The Bertz CT molecular complexity index is 693. The van der Waals surface area contributed by atoms with Crippen LogP contribution in [-0.4, -0.2) is 17.1 Å². The van der Waals surface area contributed by atoms with Gasteiger partial charge >= 0.3 is 0 Å². The molecule has 0 atom stereocenters. The van der Waals surface area contributed by atoms with Gasteiger partial charge in [-0.25, -0.2) is 9.37 Å². The number of nitrogens with zero attached hydrogens (tertiary/aromatic N) is 1. The maximum Gasteiger partial charge on any atom is 0.254 e. The summed E-state index contributed by atoms with van der Waals surface area (Å²) in [7, 11) is 1.50. The van der Waals surface area contributed by atoms with Crippen LogP contribution in [0.3, 0.4) is 0 Å². The number of aromatic amines is 1. The quantitative estimate of drug-likeness (QED) is 0.937. The number of hydrogen-bond acceptors (Lipinski definition) is 3. The third-order valence-electron chi connectivity index (χ3n) is 3.13. The van der Waals surface area contributed by atoms with Crippen LogP contribution in [0.15, 0.2) is 23.0 Å². The number of methoxy groups -OCH3 is 1. The van der Waals surface area contributed by atoms with Gasteiger partial charge in [0.2, 0.25) is 0 Å². The van der Waals surface area contributed by atoms with Crippen molar-refractivity contribution < 1.29 is 9.13 Å². The van der Waals surface area contributed by atoms with Crippen molar-refractivity contribution in [2.24, 2.45) is 0 Å². The van der Waals surface area contributed by atoms with Crippen molar-refractivity contribution in [3.8, 4) is 17.0 Å². The predicted molar refractivity (Wildman–Crippen MR) is 75.6 cm³/mol. The second-order valence-corrected chi connectivity index (χ2v) is 4.92. The van der Waals surface area contributed by atoms with Crippen LogP contribution in [0.1, 0.15) is 31.2 Å². The average molecular weight is 276 g/mol. The minimum Gasteiger partial charge on any atom is -0.496 e. The zero-order valence-corrected chi connectivity index (χ0v) is 12.0. The van der Waals surface area contributed by atoms with Crippen LogP contribution >= 0.6 is 0 Å². The highest BCUT2D eigenvalue weighted by atomic mass is 19.1. The molecular weight excluding hydrogens is 259 g/mol. The first kappa shape index (κ1) is 14.2. The molecule has 0 fully saturated rings. The first-order chi connectivity index (χ1) is 9.43. The van der Waals surface area contributed by atoms with Crippen molar-refractivity contribution in [3.63, 3.8) is 0 Å². The smallest absolute Gasteiger partial charge is 0.254 e. The number of nitrogens with one attached hydrogen (secondary N) is 1. The first-order valence-electron chi connectivity index (χ1n) is 6.38. The molecule has 0 saturated heterocycles. The summed E-state index contributed by atoms with van der Waals surface area (Å²) in [4.78, 5) is 19.2. The summed E-state index contributed by atoms with van der Waals surface area (Å²) in [6.45, 7) is 5.52. The molecule has 0 amide bonds. The average Bonchev–Trinajstić information content (AvgIpc) is 2.41. The van der Waals surface area contributed by atoms with Crippen molar-refractivity contribution in [1.29, 1.82) is 0 Å². The molecular formula is C15H17FN2O2. The molecule has 0 aliphatic rings. The van der Waals surface area contributed by atoms with Crippen molar-refractivity contribution in [1.82, 2.24) is 9.97 Å². The van der Waals surface area contributed by atoms with E-state index in [9.17, 15) is 9.18 Å². The molecule has 5 heteroatoms. The highest BCUT2D eigenvalue weighted by Gasteiger charge is 2.16. The van der Waals surface area contributed by atoms with Crippen molar-refractivity contribution in [2.75, 3.05) is 7.11 Å². The van der Waals surface area contributed by atoms with Crippen LogP contribution in [0.2, 0.25) is 0 Å². The van der Waals surface area contributed by atoms with E-state index in [0.29, 0.717) is 28.4 Å². The Labute approximate surface area is 116 Å². The molecule has 1 N–H and O–H groups in total. The van der Waals surface area contributed by atoms with Gasteiger partial charge in [-0.2, -0.15) is 0 Å². The fourth-order valence-electron chi connectivity index (χ4n) is 1.95. The van der Waals surface area contributed by atoms with Crippen LogP contribution in [-0.2, 0) is 0 Å². The molecule has 2 aromatic rings. The lowest BCUT2D eigenvalue weighted by atomic mass is 10.1. The maximum atomic E-state index is 13.5. The van der Waals surface area contributed by atoms with Crippen molar-refractivity contribution >= 4 is 0 Å².